The van der Waals surface area contributed by atoms with Crippen LogP contribution in [0.5, 0.6) is 5.88 Å². The Hall–Kier alpha value is -3.80. The molecule has 29 heavy (non-hydrogen) atoms. The number of nitrogens with two attached hydrogens (primary N) is 1. The van der Waals surface area contributed by atoms with Crippen LogP contribution in [0.1, 0.15) is 22.7 Å². The van der Waals surface area contributed by atoms with Crippen molar-refractivity contribution in [3.8, 4) is 17.6 Å². The summed E-state index contributed by atoms with van der Waals surface area (Å²) in [6.45, 7) is 0. The summed E-state index contributed by atoms with van der Waals surface area (Å²) in [5.41, 5.74) is 4.69. The molecule has 4 rings (SSSR count). The molecule has 2 N–H and O–H groups in total. The Balaban J connectivity index is 2.04. The first-order chi connectivity index (χ1) is 13.8. The predicted molar refractivity (Wildman–Crippen MR) is 94.3 cm³/mol. The van der Waals surface area contributed by atoms with Crippen molar-refractivity contribution >= 4 is 0 Å². The third kappa shape index (κ3) is 3.08. The maximum absolute atomic E-state index is 13.9. The minimum absolute atomic E-state index is 0.206. The minimum atomic E-state index is -4.82. The number of nitrogens with zero attached hydrogens (tertiary/aromatic N) is 3. The molecular formula is C20H12F4N4O. The van der Waals surface area contributed by atoms with Crippen LogP contribution < -0.4 is 10.5 Å². The van der Waals surface area contributed by atoms with E-state index in [0.717, 1.165) is 16.8 Å². The summed E-state index contributed by atoms with van der Waals surface area (Å²) in [7, 11) is 0. The lowest BCUT2D eigenvalue weighted by Gasteiger charge is -2.25. The molecule has 0 saturated heterocycles. The summed E-state index contributed by atoms with van der Waals surface area (Å²) in [6, 6.07) is 14.7. The molecule has 0 saturated carbocycles. The fourth-order valence-corrected chi connectivity index (χ4v) is 3.28. The molecule has 0 radical (unpaired) electrons. The Bertz CT molecular complexity index is 1140. The molecule has 0 fully saturated rings. The zero-order valence-electron chi connectivity index (χ0n) is 14.6. The van der Waals surface area contributed by atoms with Crippen molar-refractivity contribution in [1.29, 1.82) is 5.26 Å². The first kappa shape index (κ1) is 18.6. The van der Waals surface area contributed by atoms with E-state index in [1.165, 1.54) is 12.1 Å². The summed E-state index contributed by atoms with van der Waals surface area (Å²) >= 11 is 0. The van der Waals surface area contributed by atoms with Crippen molar-refractivity contribution in [2.45, 2.75) is 12.1 Å². The second kappa shape index (κ2) is 6.67. The molecule has 1 aromatic heterocycles. The summed E-state index contributed by atoms with van der Waals surface area (Å²) in [5, 5.41) is 13.3. The van der Waals surface area contributed by atoms with Crippen LogP contribution in [0.15, 0.2) is 66.1 Å². The van der Waals surface area contributed by atoms with Gasteiger partial charge in [-0.15, -0.1) is 0 Å². The highest BCUT2D eigenvalue weighted by molar-refractivity contribution is 5.57. The van der Waals surface area contributed by atoms with Crippen LogP contribution in [-0.2, 0) is 6.18 Å². The van der Waals surface area contributed by atoms with E-state index < -0.39 is 23.6 Å². The molecular weight excluding hydrogens is 388 g/mol. The van der Waals surface area contributed by atoms with E-state index in [1.54, 1.807) is 30.3 Å². The number of halogens is 4. The van der Waals surface area contributed by atoms with Gasteiger partial charge in [-0.2, -0.15) is 28.2 Å². The number of hydrogen-bond acceptors (Lipinski definition) is 4. The molecule has 0 bridgehead atoms. The highest BCUT2D eigenvalue weighted by Gasteiger charge is 2.46. The number of benzene rings is 2. The fraction of sp³-hybridized carbons (Fsp3) is 0.100. The smallest absolute Gasteiger partial charge is 0.422 e. The molecule has 0 aliphatic carbocycles. The Morgan fingerprint density at radius 2 is 1.72 bits per heavy atom. The van der Waals surface area contributed by atoms with Gasteiger partial charge in [0.05, 0.1) is 17.2 Å². The second-order valence-corrected chi connectivity index (χ2v) is 6.29. The van der Waals surface area contributed by atoms with Gasteiger partial charge in [0, 0.05) is 0 Å². The van der Waals surface area contributed by atoms with Crippen LogP contribution in [0.4, 0.5) is 17.6 Å². The quantitative estimate of drug-likeness (QED) is 0.653. The lowest BCUT2D eigenvalue weighted by atomic mass is 9.84. The Morgan fingerprint density at radius 1 is 1.07 bits per heavy atom. The average Bonchev–Trinajstić information content (AvgIpc) is 3.08. The number of rotatable bonds is 2. The van der Waals surface area contributed by atoms with Gasteiger partial charge in [0.1, 0.15) is 17.5 Å². The zero-order valence-corrected chi connectivity index (χ0v) is 14.6. The first-order valence-electron chi connectivity index (χ1n) is 8.40. The summed E-state index contributed by atoms with van der Waals surface area (Å²) in [6.07, 6.45) is -4.82. The topological polar surface area (TPSA) is 76.9 Å². The van der Waals surface area contributed by atoms with Crippen molar-refractivity contribution in [3.05, 3.63) is 88.7 Å². The second-order valence-electron chi connectivity index (χ2n) is 6.29. The van der Waals surface area contributed by atoms with Crippen molar-refractivity contribution in [3.63, 3.8) is 0 Å². The van der Waals surface area contributed by atoms with Gasteiger partial charge in [0.2, 0.25) is 11.8 Å². The third-order valence-corrected chi connectivity index (χ3v) is 4.52. The van der Waals surface area contributed by atoms with Gasteiger partial charge < -0.3 is 10.5 Å². The van der Waals surface area contributed by atoms with Crippen molar-refractivity contribution in [2.24, 2.45) is 5.73 Å². The molecule has 0 unspecified atom stereocenters. The van der Waals surface area contributed by atoms with E-state index in [4.69, 9.17) is 10.5 Å². The van der Waals surface area contributed by atoms with E-state index in [-0.39, 0.29) is 28.5 Å². The van der Waals surface area contributed by atoms with E-state index in [1.807, 2.05) is 6.07 Å². The number of allylic oxidation sites excluding steroid dienone is 1. The molecule has 3 aromatic rings. The predicted octanol–water partition coefficient (Wildman–Crippen LogP) is 4.25. The van der Waals surface area contributed by atoms with Crippen molar-refractivity contribution in [2.75, 3.05) is 0 Å². The van der Waals surface area contributed by atoms with Gasteiger partial charge in [-0.1, -0.05) is 30.3 Å². The number of aromatic nitrogens is 2. The standard InChI is InChI=1S/C20H12F4N4O/c21-12-8-6-11(7-9-12)15-14(10-25)18(26)29-19-16(15)17(20(22,23)24)27-28(19)13-4-2-1-3-5-13/h1-9,15H,26H2/t15-/m1/s1. The lowest BCUT2D eigenvalue weighted by molar-refractivity contribution is -0.142. The van der Waals surface area contributed by atoms with Crippen LogP contribution >= 0.6 is 0 Å². The maximum Gasteiger partial charge on any atom is 0.435 e. The third-order valence-electron chi connectivity index (χ3n) is 4.52. The Morgan fingerprint density at radius 3 is 2.31 bits per heavy atom. The lowest BCUT2D eigenvalue weighted by Crippen LogP contribution is -2.23. The van der Waals surface area contributed by atoms with Gasteiger partial charge in [-0.05, 0) is 29.8 Å². The van der Waals surface area contributed by atoms with Gasteiger partial charge in [-0.25, -0.2) is 4.39 Å². The number of ether oxygens (including phenoxy) is 1. The number of para-hydroxylation sites is 1. The monoisotopic (exact) mass is 400 g/mol. The summed E-state index contributed by atoms with van der Waals surface area (Å²) < 4.78 is 61.4. The van der Waals surface area contributed by atoms with E-state index in [2.05, 4.69) is 5.10 Å². The fourth-order valence-electron chi connectivity index (χ4n) is 3.28. The number of hydrogen-bond donors (Lipinski definition) is 1. The molecule has 2 aromatic carbocycles. The van der Waals surface area contributed by atoms with Crippen molar-refractivity contribution in [1.82, 2.24) is 9.78 Å². The van der Waals surface area contributed by atoms with Gasteiger partial charge >= 0.3 is 6.18 Å². The zero-order chi connectivity index (χ0) is 20.8. The average molecular weight is 400 g/mol. The van der Waals surface area contributed by atoms with Gasteiger partial charge in [0.25, 0.3) is 0 Å². The maximum atomic E-state index is 13.9. The number of nitriles is 1. The molecule has 5 nitrogen and oxygen atoms in total. The molecule has 1 aliphatic rings. The number of alkyl halides is 3. The van der Waals surface area contributed by atoms with Crippen LogP contribution in [0.3, 0.4) is 0 Å². The van der Waals surface area contributed by atoms with Crippen LogP contribution in [0.2, 0.25) is 0 Å². The van der Waals surface area contributed by atoms with E-state index in [9.17, 15) is 22.8 Å². The number of fused-ring (bicyclic) bond motifs is 1. The van der Waals surface area contributed by atoms with Gasteiger partial charge in [0.15, 0.2) is 5.69 Å². The Kier molecular flexibility index (Phi) is 4.27. The SMILES string of the molecule is N#CC1=C(N)Oc2c(c(C(F)(F)F)nn2-c2ccccc2)[C@@H]1c1ccc(F)cc1. The van der Waals surface area contributed by atoms with E-state index >= 15 is 0 Å². The van der Waals surface area contributed by atoms with Crippen molar-refractivity contribution < 1.29 is 22.3 Å². The highest BCUT2D eigenvalue weighted by atomic mass is 19.4. The molecule has 146 valence electrons. The molecule has 0 amide bonds. The molecule has 9 heteroatoms. The van der Waals surface area contributed by atoms with Gasteiger partial charge in [-0.3, -0.25) is 0 Å². The molecule has 2 heterocycles. The van der Waals surface area contributed by atoms with Crippen LogP contribution in [0.25, 0.3) is 5.69 Å². The Labute approximate surface area is 162 Å². The molecule has 0 spiro atoms. The first-order valence-corrected chi connectivity index (χ1v) is 8.40. The summed E-state index contributed by atoms with van der Waals surface area (Å²) in [5.74, 6) is -2.35. The highest BCUT2D eigenvalue weighted by Crippen LogP contribution is 2.48. The largest absolute Gasteiger partial charge is 0.435 e. The van der Waals surface area contributed by atoms with Crippen LogP contribution in [0, 0.1) is 17.1 Å². The molecule has 1 atom stereocenters. The normalized spacial score (nSPS) is 16.2. The minimum Gasteiger partial charge on any atom is -0.422 e. The van der Waals surface area contributed by atoms with E-state index in [0.29, 0.717) is 5.69 Å². The summed E-state index contributed by atoms with van der Waals surface area (Å²) in [4.78, 5) is 0. The molecule has 1 aliphatic heterocycles. The van der Waals surface area contributed by atoms with Crippen LogP contribution in [-0.4, -0.2) is 9.78 Å².